The summed E-state index contributed by atoms with van der Waals surface area (Å²) in [6.07, 6.45) is 0.962. The Bertz CT molecular complexity index is 610. The van der Waals surface area contributed by atoms with E-state index >= 15 is 0 Å². The topological polar surface area (TPSA) is 21.3 Å². The molecule has 0 saturated carbocycles. The van der Waals surface area contributed by atoms with Crippen LogP contribution in [0.15, 0.2) is 36.4 Å². The molecular formula is C16H16FNO. The summed E-state index contributed by atoms with van der Waals surface area (Å²) in [5, 5.41) is 3.32. The molecule has 0 bridgehead atoms. The first-order chi connectivity index (χ1) is 9.22. The van der Waals surface area contributed by atoms with Crippen LogP contribution in [0.25, 0.3) is 0 Å². The van der Waals surface area contributed by atoms with E-state index in [9.17, 15) is 4.39 Å². The molecule has 1 heterocycles. The predicted molar refractivity (Wildman–Crippen MR) is 74.1 cm³/mol. The zero-order chi connectivity index (χ0) is 13.2. The molecule has 98 valence electrons. The molecule has 0 radical (unpaired) electrons. The fourth-order valence-corrected chi connectivity index (χ4v) is 2.25. The van der Waals surface area contributed by atoms with Crippen LogP contribution >= 0.6 is 0 Å². The van der Waals surface area contributed by atoms with Gasteiger partial charge in [-0.25, -0.2) is 4.39 Å². The van der Waals surface area contributed by atoms with Crippen LogP contribution in [-0.4, -0.2) is 6.61 Å². The lowest BCUT2D eigenvalue weighted by molar-refractivity contribution is 0.357. The number of halogens is 1. The summed E-state index contributed by atoms with van der Waals surface area (Å²) in [4.78, 5) is 0. The van der Waals surface area contributed by atoms with Crippen LogP contribution in [0.1, 0.15) is 16.7 Å². The number of benzene rings is 2. The van der Waals surface area contributed by atoms with Gasteiger partial charge in [0, 0.05) is 18.7 Å². The van der Waals surface area contributed by atoms with Crippen molar-refractivity contribution < 1.29 is 9.13 Å². The van der Waals surface area contributed by atoms with E-state index in [1.807, 2.05) is 24.3 Å². The van der Waals surface area contributed by atoms with Crippen LogP contribution in [-0.2, 0) is 13.0 Å². The standard InChI is InChI=1S/C16H16FNO/c1-11-2-3-12(8-15(11)17)10-18-14-4-5-16-13(9-14)6-7-19-16/h2-5,8-9,18H,6-7,10H2,1H3. The maximum atomic E-state index is 13.4. The quantitative estimate of drug-likeness (QED) is 0.905. The number of hydrogen-bond acceptors (Lipinski definition) is 2. The summed E-state index contributed by atoms with van der Waals surface area (Å²) < 4.78 is 18.9. The Morgan fingerprint density at radius 3 is 2.95 bits per heavy atom. The monoisotopic (exact) mass is 257 g/mol. The number of fused-ring (bicyclic) bond motifs is 1. The Kier molecular flexibility index (Phi) is 3.11. The van der Waals surface area contributed by atoms with E-state index < -0.39 is 0 Å². The Labute approximate surface area is 112 Å². The molecule has 0 saturated heterocycles. The van der Waals surface area contributed by atoms with Gasteiger partial charge in [0.25, 0.3) is 0 Å². The minimum absolute atomic E-state index is 0.151. The van der Waals surface area contributed by atoms with Crippen LogP contribution in [0, 0.1) is 12.7 Å². The lowest BCUT2D eigenvalue weighted by Crippen LogP contribution is -2.00. The van der Waals surface area contributed by atoms with Crippen molar-refractivity contribution in [3.05, 3.63) is 58.9 Å². The van der Waals surface area contributed by atoms with Crippen molar-refractivity contribution in [2.24, 2.45) is 0 Å². The third-order valence-electron chi connectivity index (χ3n) is 3.42. The van der Waals surface area contributed by atoms with Crippen LogP contribution in [0.3, 0.4) is 0 Å². The van der Waals surface area contributed by atoms with Crippen molar-refractivity contribution >= 4 is 5.69 Å². The van der Waals surface area contributed by atoms with Gasteiger partial charge in [-0.15, -0.1) is 0 Å². The van der Waals surface area contributed by atoms with Crippen LogP contribution in [0.2, 0.25) is 0 Å². The van der Waals surface area contributed by atoms with Gasteiger partial charge in [-0.1, -0.05) is 12.1 Å². The molecule has 2 aromatic carbocycles. The second kappa shape index (κ2) is 4.92. The van der Waals surface area contributed by atoms with E-state index in [0.717, 1.165) is 30.0 Å². The van der Waals surface area contributed by atoms with Gasteiger partial charge >= 0.3 is 0 Å². The molecule has 1 aliphatic rings. The first-order valence-corrected chi connectivity index (χ1v) is 6.47. The highest BCUT2D eigenvalue weighted by molar-refractivity contribution is 5.52. The maximum Gasteiger partial charge on any atom is 0.126 e. The molecule has 0 unspecified atom stereocenters. The zero-order valence-electron chi connectivity index (χ0n) is 10.9. The third kappa shape index (κ3) is 2.55. The summed E-state index contributed by atoms with van der Waals surface area (Å²) in [6, 6.07) is 11.4. The second-order valence-electron chi connectivity index (χ2n) is 4.86. The first-order valence-electron chi connectivity index (χ1n) is 6.47. The second-order valence-corrected chi connectivity index (χ2v) is 4.86. The van der Waals surface area contributed by atoms with Crippen molar-refractivity contribution in [1.29, 1.82) is 0 Å². The smallest absolute Gasteiger partial charge is 0.126 e. The molecule has 0 spiro atoms. The summed E-state index contributed by atoms with van der Waals surface area (Å²) in [5.41, 5.74) is 3.91. The van der Waals surface area contributed by atoms with Gasteiger partial charge in [0.1, 0.15) is 11.6 Å². The highest BCUT2D eigenvalue weighted by atomic mass is 19.1. The molecule has 1 aliphatic heterocycles. The fourth-order valence-electron chi connectivity index (χ4n) is 2.25. The van der Waals surface area contributed by atoms with Crippen LogP contribution in [0.4, 0.5) is 10.1 Å². The minimum atomic E-state index is -0.151. The number of rotatable bonds is 3. The Balaban J connectivity index is 1.70. The van der Waals surface area contributed by atoms with Crippen LogP contribution < -0.4 is 10.1 Å². The van der Waals surface area contributed by atoms with Crippen molar-refractivity contribution in [1.82, 2.24) is 0 Å². The largest absolute Gasteiger partial charge is 0.493 e. The molecule has 0 aromatic heterocycles. The SMILES string of the molecule is Cc1ccc(CNc2ccc3c(c2)CCO3)cc1F. The van der Waals surface area contributed by atoms with E-state index in [1.54, 1.807) is 13.0 Å². The molecule has 0 atom stereocenters. The summed E-state index contributed by atoms with van der Waals surface area (Å²) >= 11 is 0. The molecule has 2 aromatic rings. The van der Waals surface area contributed by atoms with Crippen molar-refractivity contribution in [3.8, 4) is 5.75 Å². The van der Waals surface area contributed by atoms with Gasteiger partial charge < -0.3 is 10.1 Å². The van der Waals surface area contributed by atoms with Gasteiger partial charge in [0.05, 0.1) is 6.61 Å². The Morgan fingerprint density at radius 1 is 1.21 bits per heavy atom. The molecule has 2 nitrogen and oxygen atoms in total. The lowest BCUT2D eigenvalue weighted by Gasteiger charge is -2.09. The number of hydrogen-bond donors (Lipinski definition) is 1. The normalized spacial score (nSPS) is 12.9. The molecule has 19 heavy (non-hydrogen) atoms. The highest BCUT2D eigenvalue weighted by Crippen LogP contribution is 2.28. The number of aryl methyl sites for hydroxylation is 1. The predicted octanol–water partition coefficient (Wildman–Crippen LogP) is 3.68. The zero-order valence-corrected chi connectivity index (χ0v) is 10.9. The average molecular weight is 257 g/mol. The van der Waals surface area contributed by atoms with Crippen molar-refractivity contribution in [3.63, 3.8) is 0 Å². The lowest BCUT2D eigenvalue weighted by atomic mass is 10.1. The number of anilines is 1. The number of nitrogens with one attached hydrogen (secondary N) is 1. The van der Waals surface area contributed by atoms with Crippen molar-refractivity contribution in [2.75, 3.05) is 11.9 Å². The van der Waals surface area contributed by atoms with Gasteiger partial charge in [0.2, 0.25) is 0 Å². The number of ether oxygens (including phenoxy) is 1. The van der Waals surface area contributed by atoms with E-state index in [-0.39, 0.29) is 5.82 Å². The van der Waals surface area contributed by atoms with E-state index in [2.05, 4.69) is 11.4 Å². The molecular weight excluding hydrogens is 241 g/mol. The van der Waals surface area contributed by atoms with Crippen molar-refractivity contribution in [2.45, 2.75) is 19.9 Å². The Hall–Kier alpha value is -2.03. The van der Waals surface area contributed by atoms with E-state index in [0.29, 0.717) is 12.1 Å². The van der Waals surface area contributed by atoms with Gasteiger partial charge in [-0.05, 0) is 47.9 Å². The van der Waals surface area contributed by atoms with Gasteiger partial charge in [-0.3, -0.25) is 0 Å². The first kappa shape index (κ1) is 12.0. The molecule has 0 fully saturated rings. The Morgan fingerprint density at radius 2 is 2.11 bits per heavy atom. The summed E-state index contributed by atoms with van der Waals surface area (Å²) in [7, 11) is 0. The fraction of sp³-hybridized carbons (Fsp3) is 0.250. The van der Waals surface area contributed by atoms with Gasteiger partial charge in [0.15, 0.2) is 0 Å². The highest BCUT2D eigenvalue weighted by Gasteiger charge is 2.11. The minimum Gasteiger partial charge on any atom is -0.493 e. The molecule has 0 amide bonds. The third-order valence-corrected chi connectivity index (χ3v) is 3.42. The molecule has 3 heteroatoms. The van der Waals surface area contributed by atoms with E-state index in [4.69, 9.17) is 4.74 Å². The van der Waals surface area contributed by atoms with Crippen LogP contribution in [0.5, 0.6) is 5.75 Å². The molecule has 0 aliphatic carbocycles. The van der Waals surface area contributed by atoms with E-state index in [1.165, 1.54) is 5.56 Å². The maximum absolute atomic E-state index is 13.4. The molecule has 3 rings (SSSR count). The summed E-state index contributed by atoms with van der Waals surface area (Å²) in [5.74, 6) is 0.827. The average Bonchev–Trinajstić information content (AvgIpc) is 2.87. The van der Waals surface area contributed by atoms with Gasteiger partial charge in [-0.2, -0.15) is 0 Å². The summed E-state index contributed by atoms with van der Waals surface area (Å²) in [6.45, 7) is 3.16. The molecule has 1 N–H and O–H groups in total.